The second-order valence-corrected chi connectivity index (χ2v) is 3.64. The van der Waals surface area contributed by atoms with Gasteiger partial charge >= 0.3 is 5.97 Å². The Hall–Kier alpha value is -2.43. The summed E-state index contributed by atoms with van der Waals surface area (Å²) in [6.45, 7) is 0. The smallest absolute Gasteiger partial charge is 0.338 e. The lowest BCUT2D eigenvalue weighted by Crippen LogP contribution is -2.03. The van der Waals surface area contributed by atoms with Crippen LogP contribution in [0.15, 0.2) is 36.4 Å². The molecule has 0 spiro atoms. The number of carbonyl (C=O) groups is 1. The van der Waals surface area contributed by atoms with Gasteiger partial charge in [0.15, 0.2) is 11.6 Å². The normalized spacial score (nSPS) is 10.3. The molecule has 0 amide bonds. The number of benzene rings is 2. The van der Waals surface area contributed by atoms with Crippen LogP contribution in [0.1, 0.15) is 10.4 Å². The maximum Gasteiger partial charge on any atom is 0.338 e. The molecule has 0 fully saturated rings. The van der Waals surface area contributed by atoms with Crippen molar-refractivity contribution in [2.45, 2.75) is 0 Å². The van der Waals surface area contributed by atoms with Gasteiger partial charge in [0.1, 0.15) is 5.75 Å². The predicted molar refractivity (Wildman–Crippen MR) is 60.4 cm³/mol. The van der Waals surface area contributed by atoms with Gasteiger partial charge in [0, 0.05) is 5.56 Å². The molecule has 2 N–H and O–H groups in total. The largest absolute Gasteiger partial charge is 0.508 e. The van der Waals surface area contributed by atoms with E-state index in [4.69, 9.17) is 10.2 Å². The highest BCUT2D eigenvalue weighted by molar-refractivity contribution is 5.88. The zero-order valence-corrected chi connectivity index (χ0v) is 9.02. The summed E-state index contributed by atoms with van der Waals surface area (Å²) in [6, 6.07) is 7.67. The van der Waals surface area contributed by atoms with Gasteiger partial charge in [0.25, 0.3) is 0 Å². The topological polar surface area (TPSA) is 57.5 Å². The Bertz CT molecular complexity index is 606. The fraction of sp³-hybridized carbons (Fsp3) is 0. The molecule has 0 atom stereocenters. The van der Waals surface area contributed by atoms with Crippen LogP contribution in [0.25, 0.3) is 11.1 Å². The predicted octanol–water partition coefficient (Wildman–Crippen LogP) is 3.04. The average molecular weight is 250 g/mol. The van der Waals surface area contributed by atoms with Gasteiger partial charge in [0.05, 0.1) is 5.56 Å². The number of hydrogen-bond acceptors (Lipinski definition) is 2. The van der Waals surface area contributed by atoms with E-state index < -0.39 is 23.2 Å². The Morgan fingerprint density at radius 3 is 2.11 bits per heavy atom. The van der Waals surface area contributed by atoms with E-state index in [1.165, 1.54) is 30.3 Å². The molecule has 5 heteroatoms. The molecule has 0 radical (unpaired) electrons. The van der Waals surface area contributed by atoms with E-state index in [0.29, 0.717) is 5.56 Å². The Morgan fingerprint density at radius 1 is 0.944 bits per heavy atom. The number of aromatic hydroxyl groups is 1. The van der Waals surface area contributed by atoms with Gasteiger partial charge in [-0.25, -0.2) is 13.6 Å². The standard InChI is InChI=1S/C13H8F2O3/c14-11-9(7-1-3-8(16)4-2-7)5-6-10(12(11)15)13(17)18/h1-6,16H,(H,17,18). The number of carboxylic acids is 1. The molecule has 0 heterocycles. The number of halogens is 2. The van der Waals surface area contributed by atoms with Crippen molar-refractivity contribution in [3.8, 4) is 16.9 Å². The van der Waals surface area contributed by atoms with Crippen molar-refractivity contribution >= 4 is 5.97 Å². The van der Waals surface area contributed by atoms with Crippen LogP contribution in [0, 0.1) is 11.6 Å². The van der Waals surface area contributed by atoms with Gasteiger partial charge in [-0.1, -0.05) is 18.2 Å². The van der Waals surface area contributed by atoms with Gasteiger partial charge in [-0.2, -0.15) is 0 Å². The van der Waals surface area contributed by atoms with E-state index in [1.807, 2.05) is 0 Å². The molecular weight excluding hydrogens is 242 g/mol. The molecule has 0 aliphatic carbocycles. The van der Waals surface area contributed by atoms with Gasteiger partial charge in [-0.15, -0.1) is 0 Å². The summed E-state index contributed by atoms with van der Waals surface area (Å²) in [7, 11) is 0. The molecule has 0 aromatic heterocycles. The lowest BCUT2D eigenvalue weighted by Gasteiger charge is -2.06. The summed E-state index contributed by atoms with van der Waals surface area (Å²) >= 11 is 0. The van der Waals surface area contributed by atoms with Crippen molar-refractivity contribution in [3.05, 3.63) is 53.6 Å². The number of carboxylic acid groups (broad SMARTS) is 1. The average Bonchev–Trinajstić information content (AvgIpc) is 2.33. The molecule has 2 aromatic rings. The highest BCUT2D eigenvalue weighted by Gasteiger charge is 2.18. The molecular formula is C13H8F2O3. The van der Waals surface area contributed by atoms with Crippen LogP contribution in [0.4, 0.5) is 8.78 Å². The van der Waals surface area contributed by atoms with E-state index in [1.54, 1.807) is 0 Å². The zero-order valence-electron chi connectivity index (χ0n) is 9.02. The fourth-order valence-electron chi connectivity index (χ4n) is 1.58. The third-order valence-corrected chi connectivity index (χ3v) is 2.49. The van der Waals surface area contributed by atoms with Gasteiger partial charge in [0.2, 0.25) is 0 Å². The molecule has 2 rings (SSSR count). The van der Waals surface area contributed by atoms with E-state index in [2.05, 4.69) is 0 Å². The summed E-state index contributed by atoms with van der Waals surface area (Å²) in [5.74, 6) is -4.14. The summed E-state index contributed by atoms with van der Waals surface area (Å²) in [4.78, 5) is 10.6. The third-order valence-electron chi connectivity index (χ3n) is 2.49. The first-order valence-corrected chi connectivity index (χ1v) is 5.01. The first-order chi connectivity index (χ1) is 8.50. The van der Waals surface area contributed by atoms with Crippen LogP contribution in [0.3, 0.4) is 0 Å². The van der Waals surface area contributed by atoms with Crippen LogP contribution in [0.2, 0.25) is 0 Å². The van der Waals surface area contributed by atoms with E-state index in [9.17, 15) is 13.6 Å². The first kappa shape index (κ1) is 12.0. The summed E-state index contributed by atoms with van der Waals surface area (Å²) in [5.41, 5.74) is -0.423. The first-order valence-electron chi connectivity index (χ1n) is 5.01. The third kappa shape index (κ3) is 2.02. The van der Waals surface area contributed by atoms with Crippen molar-refractivity contribution in [2.75, 3.05) is 0 Å². The number of hydrogen-bond donors (Lipinski definition) is 2. The molecule has 0 saturated heterocycles. The van der Waals surface area contributed by atoms with E-state index in [-0.39, 0.29) is 11.3 Å². The van der Waals surface area contributed by atoms with Crippen molar-refractivity contribution in [1.82, 2.24) is 0 Å². The Morgan fingerprint density at radius 2 is 1.56 bits per heavy atom. The van der Waals surface area contributed by atoms with E-state index in [0.717, 1.165) is 6.07 Å². The van der Waals surface area contributed by atoms with Gasteiger partial charge < -0.3 is 10.2 Å². The molecule has 18 heavy (non-hydrogen) atoms. The highest BCUT2D eigenvalue weighted by atomic mass is 19.2. The van der Waals surface area contributed by atoms with Crippen molar-refractivity contribution in [2.24, 2.45) is 0 Å². The number of phenolic OH excluding ortho intramolecular Hbond substituents is 1. The van der Waals surface area contributed by atoms with Crippen molar-refractivity contribution < 1.29 is 23.8 Å². The van der Waals surface area contributed by atoms with Crippen molar-refractivity contribution in [1.29, 1.82) is 0 Å². The van der Waals surface area contributed by atoms with Crippen molar-refractivity contribution in [3.63, 3.8) is 0 Å². The molecule has 0 unspecified atom stereocenters. The lowest BCUT2D eigenvalue weighted by molar-refractivity contribution is 0.0690. The van der Waals surface area contributed by atoms with Gasteiger partial charge in [-0.05, 0) is 23.8 Å². The molecule has 0 aliphatic rings. The Labute approximate surface area is 101 Å². The Kier molecular flexibility index (Phi) is 2.97. The van der Waals surface area contributed by atoms with E-state index >= 15 is 0 Å². The summed E-state index contributed by atoms with van der Waals surface area (Å²) < 4.78 is 27.2. The molecule has 3 nitrogen and oxygen atoms in total. The number of aromatic carboxylic acids is 1. The molecule has 0 aliphatic heterocycles. The zero-order chi connectivity index (χ0) is 13.3. The maximum absolute atomic E-state index is 13.7. The minimum Gasteiger partial charge on any atom is -0.508 e. The minimum absolute atomic E-state index is 0.00165. The highest BCUT2D eigenvalue weighted by Crippen LogP contribution is 2.27. The summed E-state index contributed by atoms with van der Waals surface area (Å²) in [6.07, 6.45) is 0. The van der Waals surface area contributed by atoms with Gasteiger partial charge in [-0.3, -0.25) is 0 Å². The van der Waals surface area contributed by atoms with Crippen LogP contribution < -0.4 is 0 Å². The SMILES string of the molecule is O=C(O)c1ccc(-c2ccc(O)cc2)c(F)c1F. The summed E-state index contributed by atoms with van der Waals surface area (Å²) in [5, 5.41) is 17.7. The Balaban J connectivity index is 2.57. The lowest BCUT2D eigenvalue weighted by atomic mass is 10.0. The van der Waals surface area contributed by atoms with Crippen LogP contribution in [-0.4, -0.2) is 16.2 Å². The number of phenols is 1. The molecule has 92 valence electrons. The second kappa shape index (κ2) is 4.44. The second-order valence-electron chi connectivity index (χ2n) is 3.64. The molecule has 0 saturated carbocycles. The minimum atomic E-state index is -1.52. The molecule has 2 aromatic carbocycles. The molecule has 0 bridgehead atoms. The van der Waals surface area contributed by atoms with Crippen LogP contribution in [-0.2, 0) is 0 Å². The van der Waals surface area contributed by atoms with Crippen LogP contribution in [0.5, 0.6) is 5.75 Å². The maximum atomic E-state index is 13.7. The number of rotatable bonds is 2. The fourth-order valence-corrected chi connectivity index (χ4v) is 1.58. The quantitative estimate of drug-likeness (QED) is 0.861. The monoisotopic (exact) mass is 250 g/mol. The van der Waals surface area contributed by atoms with Crippen LogP contribution >= 0.6 is 0 Å².